The summed E-state index contributed by atoms with van der Waals surface area (Å²) in [6.45, 7) is 0.707. The van der Waals surface area contributed by atoms with E-state index in [1.165, 1.54) is 19.3 Å². The van der Waals surface area contributed by atoms with Gasteiger partial charge in [0.05, 0.1) is 12.9 Å². The van der Waals surface area contributed by atoms with E-state index in [1.54, 1.807) is 0 Å². The molecule has 1 saturated carbocycles. The van der Waals surface area contributed by atoms with Crippen LogP contribution in [0.3, 0.4) is 0 Å². The van der Waals surface area contributed by atoms with Crippen molar-refractivity contribution in [1.29, 1.82) is 0 Å². The predicted octanol–water partition coefficient (Wildman–Crippen LogP) is 2.75. The molecule has 0 radical (unpaired) electrons. The van der Waals surface area contributed by atoms with Gasteiger partial charge in [-0.1, -0.05) is 6.42 Å². The lowest BCUT2D eigenvalue weighted by Gasteiger charge is -2.33. The number of allylic oxidation sites excluding steroid dienone is 1. The first-order chi connectivity index (χ1) is 7.88. The van der Waals surface area contributed by atoms with Crippen LogP contribution in [0.2, 0.25) is 0 Å². The second-order valence-corrected chi connectivity index (χ2v) is 5.06. The Balaban J connectivity index is 1.61. The van der Waals surface area contributed by atoms with E-state index in [1.807, 2.05) is 6.26 Å². The van der Waals surface area contributed by atoms with Crippen LogP contribution in [0.15, 0.2) is 12.3 Å². The van der Waals surface area contributed by atoms with E-state index < -0.39 is 0 Å². The summed E-state index contributed by atoms with van der Waals surface area (Å²) in [6, 6.07) is 0. The molecule has 1 saturated heterocycles. The van der Waals surface area contributed by atoms with Gasteiger partial charge in [-0.25, -0.2) is 0 Å². The van der Waals surface area contributed by atoms with Crippen LogP contribution in [0.1, 0.15) is 44.9 Å². The molecule has 3 nitrogen and oxygen atoms in total. The summed E-state index contributed by atoms with van der Waals surface area (Å²) in [5.41, 5.74) is 0. The molecule has 0 bridgehead atoms. The summed E-state index contributed by atoms with van der Waals surface area (Å²) in [5, 5.41) is 0. The molecule has 0 unspecified atom stereocenters. The van der Waals surface area contributed by atoms with Crippen molar-refractivity contribution in [3.63, 3.8) is 0 Å². The van der Waals surface area contributed by atoms with Crippen LogP contribution in [-0.2, 0) is 14.2 Å². The van der Waals surface area contributed by atoms with E-state index in [0.717, 1.165) is 25.7 Å². The molecular weight excluding hydrogens is 204 g/mol. The van der Waals surface area contributed by atoms with Crippen molar-refractivity contribution in [1.82, 2.24) is 0 Å². The average molecular weight is 224 g/mol. The minimum atomic E-state index is -0.257. The average Bonchev–Trinajstić information content (AvgIpc) is 2.75. The van der Waals surface area contributed by atoms with Crippen LogP contribution in [0.4, 0.5) is 0 Å². The van der Waals surface area contributed by atoms with E-state index in [2.05, 4.69) is 6.08 Å². The van der Waals surface area contributed by atoms with Gasteiger partial charge in [0.1, 0.15) is 12.2 Å². The van der Waals surface area contributed by atoms with Crippen LogP contribution in [-0.4, -0.2) is 24.6 Å². The highest BCUT2D eigenvalue weighted by atomic mass is 16.8. The summed E-state index contributed by atoms with van der Waals surface area (Å²) < 4.78 is 17.7. The SMILES string of the molecule is C1=CO[C@H]([C@H]2COC3(CCCCC3)O2)CC1. The summed E-state index contributed by atoms with van der Waals surface area (Å²) in [7, 11) is 0. The van der Waals surface area contributed by atoms with Crippen molar-refractivity contribution in [3.05, 3.63) is 12.3 Å². The zero-order valence-electron chi connectivity index (χ0n) is 9.69. The molecular formula is C13H20O3. The Morgan fingerprint density at radius 3 is 2.69 bits per heavy atom. The lowest BCUT2D eigenvalue weighted by Crippen LogP contribution is -2.36. The smallest absolute Gasteiger partial charge is 0.169 e. The molecule has 3 rings (SSSR count). The lowest BCUT2D eigenvalue weighted by atomic mass is 9.94. The highest BCUT2D eigenvalue weighted by Gasteiger charge is 2.45. The molecule has 2 heterocycles. The second-order valence-electron chi connectivity index (χ2n) is 5.06. The monoisotopic (exact) mass is 224 g/mol. The maximum Gasteiger partial charge on any atom is 0.169 e. The van der Waals surface area contributed by atoms with Gasteiger partial charge in [-0.3, -0.25) is 0 Å². The molecule has 16 heavy (non-hydrogen) atoms. The molecule has 1 spiro atoms. The highest BCUT2D eigenvalue weighted by Crippen LogP contribution is 2.39. The van der Waals surface area contributed by atoms with Gasteiger partial charge in [-0.05, 0) is 31.8 Å². The second kappa shape index (κ2) is 4.38. The Kier molecular flexibility index (Phi) is 2.90. The van der Waals surface area contributed by atoms with Gasteiger partial charge in [0.2, 0.25) is 0 Å². The molecule has 0 amide bonds. The molecule has 2 fully saturated rings. The van der Waals surface area contributed by atoms with Crippen molar-refractivity contribution in [2.75, 3.05) is 6.61 Å². The molecule has 2 aliphatic heterocycles. The van der Waals surface area contributed by atoms with Crippen molar-refractivity contribution in [2.24, 2.45) is 0 Å². The zero-order chi connectivity index (χ0) is 10.8. The van der Waals surface area contributed by atoms with Crippen LogP contribution in [0.5, 0.6) is 0 Å². The van der Waals surface area contributed by atoms with Crippen molar-refractivity contribution >= 4 is 0 Å². The first-order valence-electron chi connectivity index (χ1n) is 6.50. The first-order valence-corrected chi connectivity index (χ1v) is 6.50. The quantitative estimate of drug-likeness (QED) is 0.685. The van der Waals surface area contributed by atoms with E-state index in [-0.39, 0.29) is 18.0 Å². The van der Waals surface area contributed by atoms with E-state index >= 15 is 0 Å². The Hall–Kier alpha value is -0.540. The van der Waals surface area contributed by atoms with Crippen LogP contribution in [0, 0.1) is 0 Å². The normalized spacial score (nSPS) is 37.5. The third kappa shape index (κ3) is 1.98. The molecule has 3 heteroatoms. The molecule has 0 N–H and O–H groups in total. The molecule has 2 atom stereocenters. The molecule has 0 aromatic heterocycles. The summed E-state index contributed by atoms with van der Waals surface area (Å²) in [4.78, 5) is 0. The Labute approximate surface area is 96.8 Å². The van der Waals surface area contributed by atoms with Gasteiger partial charge in [0.15, 0.2) is 5.79 Å². The van der Waals surface area contributed by atoms with E-state index in [0.29, 0.717) is 6.61 Å². The minimum Gasteiger partial charge on any atom is -0.496 e. The Morgan fingerprint density at radius 2 is 1.94 bits per heavy atom. The van der Waals surface area contributed by atoms with Crippen LogP contribution < -0.4 is 0 Å². The van der Waals surface area contributed by atoms with E-state index in [9.17, 15) is 0 Å². The topological polar surface area (TPSA) is 27.7 Å². The zero-order valence-corrected chi connectivity index (χ0v) is 9.69. The lowest BCUT2D eigenvalue weighted by molar-refractivity contribution is -0.196. The largest absolute Gasteiger partial charge is 0.496 e. The summed E-state index contributed by atoms with van der Waals surface area (Å²) in [5.74, 6) is -0.257. The van der Waals surface area contributed by atoms with Gasteiger partial charge < -0.3 is 14.2 Å². The van der Waals surface area contributed by atoms with Crippen molar-refractivity contribution in [2.45, 2.75) is 62.9 Å². The van der Waals surface area contributed by atoms with Gasteiger partial charge >= 0.3 is 0 Å². The number of rotatable bonds is 1. The maximum absolute atomic E-state index is 6.15. The third-order valence-electron chi connectivity index (χ3n) is 3.87. The third-order valence-corrected chi connectivity index (χ3v) is 3.87. The van der Waals surface area contributed by atoms with Gasteiger partial charge in [0.25, 0.3) is 0 Å². The van der Waals surface area contributed by atoms with Gasteiger partial charge in [0, 0.05) is 12.8 Å². The van der Waals surface area contributed by atoms with Crippen molar-refractivity contribution < 1.29 is 14.2 Å². The Bertz CT molecular complexity index is 268. The fourth-order valence-corrected chi connectivity index (χ4v) is 2.94. The summed E-state index contributed by atoms with van der Waals surface area (Å²) >= 11 is 0. The molecule has 90 valence electrons. The molecule has 1 aliphatic carbocycles. The Morgan fingerprint density at radius 1 is 1.06 bits per heavy atom. The standard InChI is InChI=1S/C13H20O3/c1-3-7-13(8-4-1)15-10-12(16-13)11-6-2-5-9-14-11/h5,9,11-12H,1-4,6-8,10H2/t11-,12+/m0/s1. The fourth-order valence-electron chi connectivity index (χ4n) is 2.94. The maximum atomic E-state index is 6.15. The first kappa shape index (κ1) is 10.6. The van der Waals surface area contributed by atoms with Crippen molar-refractivity contribution in [3.8, 4) is 0 Å². The molecule has 0 aromatic rings. The predicted molar refractivity (Wildman–Crippen MR) is 59.9 cm³/mol. The highest BCUT2D eigenvalue weighted by molar-refractivity contribution is 4.90. The number of hydrogen-bond donors (Lipinski definition) is 0. The molecule has 0 aromatic carbocycles. The minimum absolute atomic E-state index is 0.142. The van der Waals surface area contributed by atoms with E-state index in [4.69, 9.17) is 14.2 Å². The van der Waals surface area contributed by atoms with Crippen LogP contribution in [0.25, 0.3) is 0 Å². The van der Waals surface area contributed by atoms with Crippen LogP contribution >= 0.6 is 0 Å². The number of hydrogen-bond acceptors (Lipinski definition) is 3. The van der Waals surface area contributed by atoms with Gasteiger partial charge in [-0.15, -0.1) is 0 Å². The summed E-state index contributed by atoms with van der Waals surface area (Å²) in [6.07, 6.45) is 12.3. The molecule has 3 aliphatic rings. The number of ether oxygens (including phenoxy) is 3. The fraction of sp³-hybridized carbons (Fsp3) is 0.846. The van der Waals surface area contributed by atoms with Gasteiger partial charge in [-0.2, -0.15) is 0 Å².